The van der Waals surface area contributed by atoms with Gasteiger partial charge in [0.25, 0.3) is 0 Å². The highest BCUT2D eigenvalue weighted by molar-refractivity contribution is 5.90. The van der Waals surface area contributed by atoms with Crippen LogP contribution in [0.25, 0.3) is 10.9 Å². The molecule has 3 rings (SSSR count). The van der Waals surface area contributed by atoms with Gasteiger partial charge in [-0.3, -0.25) is 10.1 Å². The molecule has 0 amide bonds. The molecule has 2 aromatic rings. The maximum absolute atomic E-state index is 11.6. The van der Waals surface area contributed by atoms with Gasteiger partial charge in [-0.15, -0.1) is 0 Å². The molecule has 1 fully saturated rings. The van der Waals surface area contributed by atoms with Crippen molar-refractivity contribution in [3.8, 4) is 5.75 Å². The largest absolute Gasteiger partial charge is 0.497 e. The number of hydrogen-bond donors (Lipinski definition) is 2. The molecule has 20 heavy (non-hydrogen) atoms. The fourth-order valence-electron chi connectivity index (χ4n) is 2.54. The quantitative estimate of drug-likeness (QED) is 0.876. The van der Waals surface area contributed by atoms with Crippen LogP contribution in [0.1, 0.15) is 24.4 Å². The fraction of sp³-hybridized carbons (Fsp3) is 0.400. The summed E-state index contributed by atoms with van der Waals surface area (Å²) in [5.74, 6) is -0.104. The van der Waals surface area contributed by atoms with Crippen LogP contribution in [0, 0.1) is 0 Å². The van der Waals surface area contributed by atoms with Gasteiger partial charge in [0.1, 0.15) is 11.8 Å². The topological polar surface area (TPSA) is 63.5 Å². The second-order valence-electron chi connectivity index (χ2n) is 5.29. The number of ether oxygens (including phenoxy) is 1. The van der Waals surface area contributed by atoms with Crippen LogP contribution in [0.4, 0.5) is 0 Å². The Balaban J connectivity index is 2.09. The lowest BCUT2D eigenvalue weighted by atomic mass is 10.1. The molecule has 0 aliphatic heterocycles. The van der Waals surface area contributed by atoms with Crippen LogP contribution in [0.5, 0.6) is 5.75 Å². The van der Waals surface area contributed by atoms with Crippen LogP contribution in [-0.4, -0.2) is 28.8 Å². The summed E-state index contributed by atoms with van der Waals surface area (Å²) in [5.41, 5.74) is 1.80. The maximum Gasteiger partial charge on any atom is 0.325 e. The molecule has 5 nitrogen and oxygen atoms in total. The molecule has 1 aliphatic carbocycles. The van der Waals surface area contributed by atoms with E-state index >= 15 is 0 Å². The third-order valence-corrected chi connectivity index (χ3v) is 3.77. The highest BCUT2D eigenvalue weighted by Crippen LogP contribution is 2.32. The molecule has 1 atom stereocenters. The minimum Gasteiger partial charge on any atom is -0.497 e. The first-order valence-corrected chi connectivity index (χ1v) is 6.72. The highest BCUT2D eigenvalue weighted by Gasteiger charge is 2.31. The normalized spacial score (nSPS) is 16.3. The lowest BCUT2D eigenvalue weighted by molar-refractivity contribution is -0.139. The first-order valence-electron chi connectivity index (χ1n) is 6.72. The van der Waals surface area contributed by atoms with Crippen LogP contribution in [0.2, 0.25) is 0 Å². The van der Waals surface area contributed by atoms with E-state index in [0.717, 1.165) is 35.1 Å². The highest BCUT2D eigenvalue weighted by atomic mass is 16.5. The summed E-state index contributed by atoms with van der Waals surface area (Å²) in [6.07, 6.45) is 3.99. The summed E-state index contributed by atoms with van der Waals surface area (Å²) in [6, 6.07) is 5.40. The van der Waals surface area contributed by atoms with Crippen molar-refractivity contribution in [1.82, 2.24) is 9.88 Å². The molecule has 0 radical (unpaired) electrons. The van der Waals surface area contributed by atoms with Gasteiger partial charge in [-0.05, 0) is 31.0 Å². The Morgan fingerprint density at radius 3 is 2.85 bits per heavy atom. The van der Waals surface area contributed by atoms with Gasteiger partial charge in [-0.25, -0.2) is 0 Å². The first kappa shape index (κ1) is 13.0. The number of fused-ring (bicyclic) bond motifs is 1. The number of aromatic nitrogens is 1. The van der Waals surface area contributed by atoms with Crippen molar-refractivity contribution in [2.24, 2.45) is 7.05 Å². The Kier molecular flexibility index (Phi) is 3.14. The molecule has 0 spiro atoms. The van der Waals surface area contributed by atoms with Gasteiger partial charge in [0.2, 0.25) is 0 Å². The second kappa shape index (κ2) is 4.83. The van der Waals surface area contributed by atoms with E-state index in [1.807, 2.05) is 36.0 Å². The predicted octanol–water partition coefficient (Wildman–Crippen LogP) is 2.06. The van der Waals surface area contributed by atoms with Crippen molar-refractivity contribution >= 4 is 16.9 Å². The van der Waals surface area contributed by atoms with Gasteiger partial charge in [-0.1, -0.05) is 0 Å². The Morgan fingerprint density at radius 2 is 2.25 bits per heavy atom. The Hall–Kier alpha value is -2.01. The average Bonchev–Trinajstić information content (AvgIpc) is 3.20. The zero-order valence-electron chi connectivity index (χ0n) is 11.6. The van der Waals surface area contributed by atoms with Gasteiger partial charge in [0.15, 0.2) is 0 Å². The van der Waals surface area contributed by atoms with Crippen molar-refractivity contribution in [1.29, 1.82) is 0 Å². The molecule has 1 saturated carbocycles. The molecule has 1 aliphatic rings. The minimum atomic E-state index is -0.841. The molecular formula is C15H18N2O3. The van der Waals surface area contributed by atoms with E-state index in [9.17, 15) is 9.90 Å². The van der Waals surface area contributed by atoms with E-state index in [1.54, 1.807) is 7.11 Å². The van der Waals surface area contributed by atoms with Crippen LogP contribution >= 0.6 is 0 Å². The molecule has 0 bridgehead atoms. The van der Waals surface area contributed by atoms with Crippen LogP contribution in [0.15, 0.2) is 24.4 Å². The molecule has 106 valence electrons. The van der Waals surface area contributed by atoms with Gasteiger partial charge in [0, 0.05) is 35.8 Å². The third kappa shape index (κ3) is 2.25. The number of aryl methyl sites for hydroxylation is 1. The van der Waals surface area contributed by atoms with Crippen molar-refractivity contribution < 1.29 is 14.6 Å². The molecule has 1 heterocycles. The number of carboxylic acids is 1. The summed E-state index contributed by atoms with van der Waals surface area (Å²) in [5, 5.41) is 13.6. The molecule has 5 heteroatoms. The zero-order valence-corrected chi connectivity index (χ0v) is 11.6. The number of rotatable bonds is 5. The second-order valence-corrected chi connectivity index (χ2v) is 5.29. The number of methoxy groups -OCH3 is 1. The van der Waals surface area contributed by atoms with Crippen molar-refractivity contribution in [3.63, 3.8) is 0 Å². The smallest absolute Gasteiger partial charge is 0.325 e. The Morgan fingerprint density at radius 1 is 1.50 bits per heavy atom. The maximum atomic E-state index is 11.6. The third-order valence-electron chi connectivity index (χ3n) is 3.77. The van der Waals surface area contributed by atoms with Gasteiger partial charge < -0.3 is 14.4 Å². The molecule has 2 N–H and O–H groups in total. The van der Waals surface area contributed by atoms with Gasteiger partial charge >= 0.3 is 5.97 Å². The molecule has 1 unspecified atom stereocenters. The Labute approximate surface area is 117 Å². The van der Waals surface area contributed by atoms with Crippen molar-refractivity contribution in [2.75, 3.05) is 7.11 Å². The number of hydrogen-bond acceptors (Lipinski definition) is 3. The number of nitrogens with one attached hydrogen (secondary N) is 1. The predicted molar refractivity (Wildman–Crippen MR) is 76.0 cm³/mol. The van der Waals surface area contributed by atoms with Gasteiger partial charge in [0.05, 0.1) is 7.11 Å². The first-order chi connectivity index (χ1) is 9.60. The van der Waals surface area contributed by atoms with Crippen molar-refractivity contribution in [3.05, 3.63) is 30.0 Å². The SMILES string of the molecule is COc1ccc2c(c1)c(C(NC1CC1)C(=O)O)cn2C. The molecule has 0 saturated heterocycles. The summed E-state index contributed by atoms with van der Waals surface area (Å²) >= 11 is 0. The lowest BCUT2D eigenvalue weighted by Crippen LogP contribution is -2.30. The zero-order chi connectivity index (χ0) is 14.3. The van der Waals surface area contributed by atoms with E-state index in [4.69, 9.17) is 4.74 Å². The van der Waals surface area contributed by atoms with E-state index in [1.165, 1.54) is 0 Å². The summed E-state index contributed by atoms with van der Waals surface area (Å²) in [4.78, 5) is 11.6. The van der Waals surface area contributed by atoms with Gasteiger partial charge in [-0.2, -0.15) is 0 Å². The molecular weight excluding hydrogens is 256 g/mol. The monoisotopic (exact) mass is 274 g/mol. The van der Waals surface area contributed by atoms with E-state index < -0.39 is 12.0 Å². The fourth-order valence-corrected chi connectivity index (χ4v) is 2.54. The van der Waals surface area contributed by atoms with E-state index in [2.05, 4.69) is 5.32 Å². The average molecular weight is 274 g/mol. The number of benzene rings is 1. The number of carboxylic acid groups (broad SMARTS) is 1. The summed E-state index contributed by atoms with van der Waals surface area (Å²) in [7, 11) is 3.54. The molecule has 1 aromatic carbocycles. The van der Waals surface area contributed by atoms with Crippen LogP contribution < -0.4 is 10.1 Å². The molecule has 1 aromatic heterocycles. The summed E-state index contributed by atoms with van der Waals surface area (Å²) < 4.78 is 7.20. The number of nitrogens with zero attached hydrogens (tertiary/aromatic N) is 1. The standard InChI is InChI=1S/C15H18N2O3/c1-17-8-12(14(15(18)19)16-9-3-4-9)11-7-10(20-2)5-6-13(11)17/h5-9,14,16H,3-4H2,1-2H3,(H,18,19). The van der Waals surface area contributed by atoms with E-state index in [0.29, 0.717) is 6.04 Å². The Bertz CT molecular complexity index is 658. The van der Waals surface area contributed by atoms with Crippen LogP contribution in [0.3, 0.4) is 0 Å². The van der Waals surface area contributed by atoms with Crippen molar-refractivity contribution in [2.45, 2.75) is 24.9 Å². The van der Waals surface area contributed by atoms with Crippen LogP contribution in [-0.2, 0) is 11.8 Å². The number of carbonyl (C=O) groups is 1. The summed E-state index contributed by atoms with van der Waals surface area (Å²) in [6.45, 7) is 0. The van der Waals surface area contributed by atoms with E-state index in [-0.39, 0.29) is 0 Å². The number of aliphatic carboxylic acids is 1. The lowest BCUT2D eigenvalue weighted by Gasteiger charge is -2.13. The minimum absolute atomic E-state index is 0.331.